The molecule has 3 aromatic rings. The average Bonchev–Trinajstić information content (AvgIpc) is 2.64. The maximum Gasteiger partial charge on any atom is 0.256 e. The molecule has 1 aromatic heterocycles. The summed E-state index contributed by atoms with van der Waals surface area (Å²) in [6.45, 7) is 0. The van der Waals surface area contributed by atoms with Crippen LogP contribution in [-0.2, 0) is 0 Å². The molecule has 0 saturated heterocycles. The molecule has 25 heavy (non-hydrogen) atoms. The van der Waals surface area contributed by atoms with Gasteiger partial charge in [-0.15, -0.1) is 0 Å². The van der Waals surface area contributed by atoms with E-state index in [1.54, 1.807) is 42.6 Å². The standard InChI is InChI=1S/C19H13FN4O/c20-15-5-3-14(4-6-15)19(25)24-18-10-9-17(12-22-18)23-16-7-1-13(11-21)2-8-16/h1-10,12,23H,(H,22,24,25). The molecule has 2 N–H and O–H groups in total. The van der Waals surface area contributed by atoms with Crippen molar-refractivity contribution in [3.05, 3.63) is 83.8 Å². The van der Waals surface area contributed by atoms with Gasteiger partial charge in [0.05, 0.1) is 23.5 Å². The van der Waals surface area contributed by atoms with Crippen molar-refractivity contribution in [3.8, 4) is 6.07 Å². The third-order valence-corrected chi connectivity index (χ3v) is 3.41. The highest BCUT2D eigenvalue weighted by molar-refractivity contribution is 6.03. The predicted molar refractivity (Wildman–Crippen MR) is 93.0 cm³/mol. The number of aromatic nitrogens is 1. The molecule has 0 saturated carbocycles. The molecule has 122 valence electrons. The van der Waals surface area contributed by atoms with E-state index in [0.29, 0.717) is 16.9 Å². The van der Waals surface area contributed by atoms with E-state index in [2.05, 4.69) is 21.7 Å². The first-order valence-corrected chi connectivity index (χ1v) is 7.44. The number of carbonyl (C=O) groups is 1. The molecule has 0 radical (unpaired) electrons. The molecule has 2 aromatic carbocycles. The fraction of sp³-hybridized carbons (Fsp3) is 0. The summed E-state index contributed by atoms with van der Waals surface area (Å²) in [4.78, 5) is 16.2. The molecule has 1 heterocycles. The molecule has 0 unspecified atom stereocenters. The monoisotopic (exact) mass is 332 g/mol. The molecular weight excluding hydrogens is 319 g/mol. The molecule has 0 aliphatic heterocycles. The van der Waals surface area contributed by atoms with Crippen LogP contribution in [0.4, 0.5) is 21.6 Å². The molecule has 0 aliphatic carbocycles. The maximum atomic E-state index is 12.9. The molecule has 3 rings (SSSR count). The van der Waals surface area contributed by atoms with Gasteiger partial charge >= 0.3 is 0 Å². The first kappa shape index (κ1) is 16.1. The van der Waals surface area contributed by atoms with Crippen molar-refractivity contribution in [1.82, 2.24) is 4.98 Å². The van der Waals surface area contributed by atoms with E-state index < -0.39 is 5.82 Å². The normalized spacial score (nSPS) is 9.92. The zero-order chi connectivity index (χ0) is 17.6. The predicted octanol–water partition coefficient (Wildman–Crippen LogP) is 4.09. The van der Waals surface area contributed by atoms with Crippen LogP contribution in [0.5, 0.6) is 0 Å². The summed E-state index contributed by atoms with van der Waals surface area (Å²) in [6, 6.07) is 17.8. The summed E-state index contributed by atoms with van der Waals surface area (Å²) in [5.74, 6) is -0.368. The van der Waals surface area contributed by atoms with Crippen LogP contribution in [0.15, 0.2) is 66.9 Å². The highest BCUT2D eigenvalue weighted by atomic mass is 19.1. The van der Waals surface area contributed by atoms with Crippen molar-refractivity contribution in [3.63, 3.8) is 0 Å². The third-order valence-electron chi connectivity index (χ3n) is 3.41. The second-order valence-corrected chi connectivity index (χ2v) is 5.21. The third kappa shape index (κ3) is 4.18. The van der Waals surface area contributed by atoms with Crippen molar-refractivity contribution < 1.29 is 9.18 Å². The molecule has 0 aliphatic rings. The smallest absolute Gasteiger partial charge is 0.256 e. The Kier molecular flexibility index (Phi) is 4.67. The summed E-state index contributed by atoms with van der Waals surface area (Å²) >= 11 is 0. The lowest BCUT2D eigenvalue weighted by Crippen LogP contribution is -2.12. The number of halogens is 1. The molecule has 1 amide bonds. The quantitative estimate of drug-likeness (QED) is 0.754. The van der Waals surface area contributed by atoms with Gasteiger partial charge in [-0.3, -0.25) is 4.79 Å². The second kappa shape index (κ2) is 7.23. The molecule has 0 bridgehead atoms. The minimum atomic E-state index is -0.395. The van der Waals surface area contributed by atoms with Crippen LogP contribution in [0, 0.1) is 17.1 Å². The summed E-state index contributed by atoms with van der Waals surface area (Å²) in [6.07, 6.45) is 1.58. The molecular formula is C19H13FN4O. The fourth-order valence-electron chi connectivity index (χ4n) is 2.13. The van der Waals surface area contributed by atoms with Crippen LogP contribution >= 0.6 is 0 Å². The number of anilines is 3. The number of pyridine rings is 1. The van der Waals surface area contributed by atoms with Crippen molar-refractivity contribution >= 4 is 23.1 Å². The lowest BCUT2D eigenvalue weighted by Gasteiger charge is -2.08. The number of benzene rings is 2. The Labute approximate surface area is 143 Å². The van der Waals surface area contributed by atoms with Gasteiger partial charge in [0.15, 0.2) is 0 Å². The van der Waals surface area contributed by atoms with E-state index >= 15 is 0 Å². The molecule has 0 spiro atoms. The Morgan fingerprint density at radius 3 is 2.24 bits per heavy atom. The van der Waals surface area contributed by atoms with Crippen molar-refractivity contribution in [2.45, 2.75) is 0 Å². The zero-order valence-corrected chi connectivity index (χ0v) is 13.0. The van der Waals surface area contributed by atoms with E-state index in [4.69, 9.17) is 5.26 Å². The molecule has 0 fully saturated rings. The maximum absolute atomic E-state index is 12.9. The Morgan fingerprint density at radius 2 is 1.64 bits per heavy atom. The van der Waals surface area contributed by atoms with Gasteiger partial charge in [0, 0.05) is 11.3 Å². The first-order chi connectivity index (χ1) is 12.1. The van der Waals surface area contributed by atoms with Gasteiger partial charge in [-0.25, -0.2) is 9.37 Å². The van der Waals surface area contributed by atoms with E-state index in [1.165, 1.54) is 24.3 Å². The number of rotatable bonds is 4. The van der Waals surface area contributed by atoms with Gasteiger partial charge < -0.3 is 10.6 Å². The van der Waals surface area contributed by atoms with E-state index in [9.17, 15) is 9.18 Å². The van der Waals surface area contributed by atoms with Crippen LogP contribution in [0.25, 0.3) is 0 Å². The van der Waals surface area contributed by atoms with Gasteiger partial charge in [0.25, 0.3) is 5.91 Å². The number of nitrogens with one attached hydrogen (secondary N) is 2. The van der Waals surface area contributed by atoms with Crippen molar-refractivity contribution in [2.24, 2.45) is 0 Å². The fourth-order valence-corrected chi connectivity index (χ4v) is 2.13. The van der Waals surface area contributed by atoms with E-state index in [-0.39, 0.29) is 5.91 Å². The summed E-state index contributed by atoms with van der Waals surface area (Å²) < 4.78 is 12.9. The SMILES string of the molecule is N#Cc1ccc(Nc2ccc(NC(=O)c3ccc(F)cc3)nc2)cc1. The van der Waals surface area contributed by atoms with Crippen LogP contribution in [0.3, 0.4) is 0 Å². The lowest BCUT2D eigenvalue weighted by molar-refractivity contribution is 0.102. The minimum Gasteiger partial charge on any atom is -0.354 e. The van der Waals surface area contributed by atoms with Crippen LogP contribution < -0.4 is 10.6 Å². The van der Waals surface area contributed by atoms with E-state index in [0.717, 1.165) is 11.4 Å². The van der Waals surface area contributed by atoms with Crippen molar-refractivity contribution in [2.75, 3.05) is 10.6 Å². The number of nitrogens with zero attached hydrogens (tertiary/aromatic N) is 2. The number of hydrogen-bond acceptors (Lipinski definition) is 4. The largest absolute Gasteiger partial charge is 0.354 e. The summed E-state index contributed by atoms with van der Waals surface area (Å²) in [5.41, 5.74) is 2.50. The van der Waals surface area contributed by atoms with Gasteiger partial charge in [0.1, 0.15) is 11.6 Å². The van der Waals surface area contributed by atoms with Gasteiger partial charge in [0.2, 0.25) is 0 Å². The number of carbonyl (C=O) groups excluding carboxylic acids is 1. The number of amides is 1. The Hall–Kier alpha value is -3.72. The Bertz CT molecular complexity index is 914. The van der Waals surface area contributed by atoms with Crippen LogP contribution in [-0.4, -0.2) is 10.9 Å². The summed E-state index contributed by atoms with van der Waals surface area (Å²) in [5, 5.41) is 14.6. The van der Waals surface area contributed by atoms with Crippen molar-refractivity contribution in [1.29, 1.82) is 5.26 Å². The zero-order valence-electron chi connectivity index (χ0n) is 13.0. The van der Waals surface area contributed by atoms with Gasteiger partial charge in [-0.2, -0.15) is 5.26 Å². The molecule has 0 atom stereocenters. The second-order valence-electron chi connectivity index (χ2n) is 5.21. The Morgan fingerprint density at radius 1 is 0.960 bits per heavy atom. The van der Waals surface area contributed by atoms with Crippen LogP contribution in [0.1, 0.15) is 15.9 Å². The van der Waals surface area contributed by atoms with Crippen LogP contribution in [0.2, 0.25) is 0 Å². The van der Waals surface area contributed by atoms with Gasteiger partial charge in [-0.05, 0) is 60.7 Å². The lowest BCUT2D eigenvalue weighted by atomic mass is 10.2. The highest BCUT2D eigenvalue weighted by Gasteiger charge is 2.07. The van der Waals surface area contributed by atoms with E-state index in [1.807, 2.05) is 0 Å². The Balaban J connectivity index is 1.64. The average molecular weight is 332 g/mol. The highest BCUT2D eigenvalue weighted by Crippen LogP contribution is 2.18. The number of nitriles is 1. The molecule has 5 nitrogen and oxygen atoms in total. The topological polar surface area (TPSA) is 77.8 Å². The first-order valence-electron chi connectivity index (χ1n) is 7.44. The summed E-state index contributed by atoms with van der Waals surface area (Å²) in [7, 11) is 0. The minimum absolute atomic E-state index is 0.350. The number of hydrogen-bond donors (Lipinski definition) is 2. The van der Waals surface area contributed by atoms with Gasteiger partial charge in [-0.1, -0.05) is 0 Å². The molecule has 6 heteroatoms.